The largest absolute Gasteiger partial charge is 0.282 e. The fraction of sp³-hybridized carbons (Fsp3) is 0.750. The summed E-state index contributed by atoms with van der Waals surface area (Å²) >= 11 is 7.71. The van der Waals surface area contributed by atoms with E-state index >= 15 is 0 Å². The van der Waals surface area contributed by atoms with Crippen LogP contribution in [0.15, 0.2) is 16.5 Å². The Hall–Kier alpha value is -0.990. The number of carbonyl (C=O) groups excluding carboxylic acids is 2. The van der Waals surface area contributed by atoms with E-state index in [1.807, 2.05) is 0 Å². The molecule has 0 radical (unpaired) electrons. The first-order valence-corrected chi connectivity index (χ1v) is 14.4. The molecular formula is C24H39N3O2S3. The Kier molecular flexibility index (Phi) is 14.1. The Morgan fingerprint density at radius 3 is 2.19 bits per heavy atom. The number of imide groups is 1. The molecule has 1 aliphatic rings. The highest BCUT2D eigenvalue weighted by molar-refractivity contribution is 8.02. The van der Waals surface area contributed by atoms with Crippen LogP contribution in [0.3, 0.4) is 0 Å². The number of nitrogens with one attached hydrogen (secondary N) is 1. The second-order valence-electron chi connectivity index (χ2n) is 8.51. The Labute approximate surface area is 206 Å². The van der Waals surface area contributed by atoms with Gasteiger partial charge in [-0.2, -0.15) is 5.10 Å². The number of likely N-dealkylation sites (tertiary alicyclic amines) is 1. The van der Waals surface area contributed by atoms with Gasteiger partial charge in [-0.3, -0.25) is 19.6 Å². The summed E-state index contributed by atoms with van der Waals surface area (Å²) in [5, 5.41) is 6.44. The van der Waals surface area contributed by atoms with Gasteiger partial charge < -0.3 is 0 Å². The molecule has 32 heavy (non-hydrogen) atoms. The van der Waals surface area contributed by atoms with Crippen LogP contribution in [0, 0.1) is 3.95 Å². The van der Waals surface area contributed by atoms with Gasteiger partial charge in [-0.05, 0) is 44.3 Å². The van der Waals surface area contributed by atoms with Gasteiger partial charge in [0.25, 0.3) is 0 Å². The molecule has 1 unspecified atom stereocenters. The molecule has 1 saturated heterocycles. The summed E-state index contributed by atoms with van der Waals surface area (Å²) in [4.78, 5) is 26.2. The number of aromatic nitrogens is 2. The number of aromatic amines is 1. The SMILES string of the molecule is CCCCCCCC/C=C\CCCCCCCCN1C(=O)CC(Sc2n[nH]c(=S)s2)C1=O. The third kappa shape index (κ3) is 10.8. The molecule has 2 heterocycles. The summed E-state index contributed by atoms with van der Waals surface area (Å²) in [6, 6.07) is 0. The fourth-order valence-electron chi connectivity index (χ4n) is 3.89. The van der Waals surface area contributed by atoms with Crippen LogP contribution in [-0.2, 0) is 9.59 Å². The third-order valence-electron chi connectivity index (χ3n) is 5.76. The molecule has 8 heteroatoms. The van der Waals surface area contributed by atoms with E-state index in [-0.39, 0.29) is 23.5 Å². The fourth-order valence-corrected chi connectivity index (χ4v) is 6.25. The van der Waals surface area contributed by atoms with Crippen molar-refractivity contribution in [2.75, 3.05) is 6.54 Å². The van der Waals surface area contributed by atoms with Crippen LogP contribution in [0.25, 0.3) is 0 Å². The number of nitrogens with zero attached hydrogens (tertiary/aromatic N) is 2. The average Bonchev–Trinajstić information content (AvgIpc) is 3.30. The number of unbranched alkanes of at least 4 members (excludes halogenated alkanes) is 12. The van der Waals surface area contributed by atoms with Crippen molar-refractivity contribution in [2.24, 2.45) is 0 Å². The van der Waals surface area contributed by atoms with Crippen molar-refractivity contribution >= 4 is 47.1 Å². The van der Waals surface area contributed by atoms with Gasteiger partial charge in [-0.15, -0.1) is 0 Å². The van der Waals surface area contributed by atoms with Crippen LogP contribution in [0.4, 0.5) is 0 Å². The molecule has 1 aliphatic heterocycles. The highest BCUT2D eigenvalue weighted by Gasteiger charge is 2.39. The highest BCUT2D eigenvalue weighted by Crippen LogP contribution is 2.32. The summed E-state index contributed by atoms with van der Waals surface area (Å²) in [6.45, 7) is 2.81. The minimum absolute atomic E-state index is 0.0561. The lowest BCUT2D eigenvalue weighted by molar-refractivity contribution is -0.138. The second kappa shape index (κ2) is 16.6. The Bertz CT molecular complexity index is 760. The summed E-state index contributed by atoms with van der Waals surface area (Å²) in [5.74, 6) is -0.131. The maximum absolute atomic E-state index is 12.5. The van der Waals surface area contributed by atoms with Crippen molar-refractivity contribution in [3.8, 4) is 0 Å². The first-order chi connectivity index (χ1) is 15.6. The predicted molar refractivity (Wildman–Crippen MR) is 138 cm³/mol. The van der Waals surface area contributed by atoms with Crippen molar-refractivity contribution in [3.05, 3.63) is 16.1 Å². The Balaban J connectivity index is 1.44. The molecule has 0 bridgehead atoms. The molecular weight excluding hydrogens is 458 g/mol. The molecule has 0 aromatic carbocycles. The van der Waals surface area contributed by atoms with Gasteiger partial charge in [0.2, 0.25) is 11.8 Å². The number of hydrogen-bond acceptors (Lipinski definition) is 6. The van der Waals surface area contributed by atoms with Crippen molar-refractivity contribution in [1.29, 1.82) is 0 Å². The number of hydrogen-bond donors (Lipinski definition) is 1. The van der Waals surface area contributed by atoms with Gasteiger partial charge in [-0.25, -0.2) is 0 Å². The lowest BCUT2D eigenvalue weighted by Crippen LogP contribution is -2.32. The van der Waals surface area contributed by atoms with Crippen LogP contribution in [0.1, 0.15) is 103 Å². The van der Waals surface area contributed by atoms with Gasteiger partial charge in [0.15, 0.2) is 8.29 Å². The van der Waals surface area contributed by atoms with Crippen molar-refractivity contribution in [1.82, 2.24) is 15.1 Å². The number of carbonyl (C=O) groups is 2. The van der Waals surface area contributed by atoms with E-state index in [2.05, 4.69) is 29.3 Å². The summed E-state index contributed by atoms with van der Waals surface area (Å²) in [6.07, 6.45) is 22.5. The van der Waals surface area contributed by atoms with Crippen LogP contribution < -0.4 is 0 Å². The van der Waals surface area contributed by atoms with Crippen molar-refractivity contribution < 1.29 is 9.59 Å². The van der Waals surface area contributed by atoms with E-state index < -0.39 is 0 Å². The molecule has 1 N–H and O–H groups in total. The van der Waals surface area contributed by atoms with Gasteiger partial charge >= 0.3 is 0 Å². The maximum Gasteiger partial charge on any atom is 0.243 e. The van der Waals surface area contributed by atoms with Crippen LogP contribution in [-0.4, -0.2) is 38.7 Å². The normalized spacial score (nSPS) is 16.7. The summed E-state index contributed by atoms with van der Waals surface area (Å²) in [7, 11) is 0. The highest BCUT2D eigenvalue weighted by atomic mass is 32.2. The third-order valence-corrected chi connectivity index (χ3v) is 8.13. The molecule has 2 amide bonds. The van der Waals surface area contributed by atoms with E-state index in [4.69, 9.17) is 12.2 Å². The molecule has 0 saturated carbocycles. The molecule has 0 aliphatic carbocycles. The van der Waals surface area contributed by atoms with Gasteiger partial charge in [0.05, 0.1) is 5.25 Å². The van der Waals surface area contributed by atoms with Crippen molar-refractivity contribution in [2.45, 2.75) is 113 Å². The zero-order valence-electron chi connectivity index (χ0n) is 19.5. The topological polar surface area (TPSA) is 66.1 Å². The second-order valence-corrected chi connectivity index (χ2v) is 11.6. The monoisotopic (exact) mass is 497 g/mol. The number of rotatable bonds is 18. The zero-order valence-corrected chi connectivity index (χ0v) is 21.9. The average molecular weight is 498 g/mol. The van der Waals surface area contributed by atoms with Gasteiger partial charge in [0.1, 0.15) is 0 Å². The molecule has 180 valence electrons. The van der Waals surface area contributed by atoms with Gasteiger partial charge in [0, 0.05) is 13.0 Å². The first kappa shape index (κ1) is 27.3. The number of thioether (sulfide) groups is 1. The van der Waals surface area contributed by atoms with Gasteiger partial charge in [-0.1, -0.05) is 100.0 Å². The minimum atomic E-state index is -0.356. The molecule has 1 aromatic rings. The number of amides is 2. The minimum Gasteiger partial charge on any atom is -0.282 e. The number of allylic oxidation sites excluding steroid dienone is 2. The zero-order chi connectivity index (χ0) is 23.0. The van der Waals surface area contributed by atoms with Crippen LogP contribution in [0.5, 0.6) is 0 Å². The smallest absolute Gasteiger partial charge is 0.243 e. The molecule has 2 rings (SSSR count). The number of H-pyrrole nitrogens is 1. The molecule has 5 nitrogen and oxygen atoms in total. The quantitative estimate of drug-likeness (QED) is 0.0987. The van der Waals surface area contributed by atoms with E-state index in [0.29, 0.717) is 10.5 Å². The van der Waals surface area contributed by atoms with Crippen LogP contribution >= 0.6 is 35.3 Å². The maximum atomic E-state index is 12.5. The lowest BCUT2D eigenvalue weighted by atomic mass is 10.1. The van der Waals surface area contributed by atoms with E-state index in [9.17, 15) is 9.59 Å². The first-order valence-electron chi connectivity index (χ1n) is 12.3. The Morgan fingerprint density at radius 1 is 1.00 bits per heavy atom. The molecule has 1 aromatic heterocycles. The molecule has 1 atom stereocenters. The van der Waals surface area contributed by atoms with Crippen LogP contribution in [0.2, 0.25) is 0 Å². The van der Waals surface area contributed by atoms with E-state index in [1.54, 1.807) is 0 Å². The summed E-state index contributed by atoms with van der Waals surface area (Å²) in [5.41, 5.74) is 0. The summed E-state index contributed by atoms with van der Waals surface area (Å²) < 4.78 is 1.31. The lowest BCUT2D eigenvalue weighted by Gasteiger charge is -2.14. The van der Waals surface area contributed by atoms with E-state index in [1.165, 1.54) is 105 Å². The van der Waals surface area contributed by atoms with E-state index in [0.717, 1.165) is 17.2 Å². The predicted octanol–water partition coefficient (Wildman–Crippen LogP) is 7.46. The van der Waals surface area contributed by atoms with Crippen molar-refractivity contribution in [3.63, 3.8) is 0 Å². The molecule has 0 spiro atoms. The molecule has 1 fully saturated rings. The standard InChI is InChI=1S/C24H39N3O2S3/c1-2-3-4-5-6-7-8-9-10-11-12-13-14-15-16-17-18-27-21(28)19-20(22(27)29)31-24-26-25-23(30)32-24/h9-10,20H,2-8,11-19H2,1H3,(H,25,30)/b10-9-. The Morgan fingerprint density at radius 2 is 1.59 bits per heavy atom.